The van der Waals surface area contributed by atoms with Crippen LogP contribution < -0.4 is 10.1 Å². The zero-order valence-electron chi connectivity index (χ0n) is 10.9. The standard InChI is InChI=1S/C15H14Br2ClNO/c1-2-19-9-10-3-6-14(12(17)7-10)20-15-8-11(16)4-5-13(15)18/h3-8,19H,2,9H2,1H3. The molecule has 1 N–H and O–H groups in total. The Kier molecular flexibility index (Phi) is 5.90. The molecular weight excluding hydrogens is 405 g/mol. The lowest BCUT2D eigenvalue weighted by Crippen LogP contribution is -2.11. The second-order valence-electron chi connectivity index (χ2n) is 4.22. The van der Waals surface area contributed by atoms with E-state index in [4.69, 9.17) is 16.3 Å². The van der Waals surface area contributed by atoms with Crippen molar-refractivity contribution in [3.8, 4) is 11.5 Å². The number of rotatable bonds is 5. The second-order valence-corrected chi connectivity index (χ2v) is 6.40. The van der Waals surface area contributed by atoms with Crippen molar-refractivity contribution in [3.63, 3.8) is 0 Å². The van der Waals surface area contributed by atoms with E-state index in [1.807, 2.05) is 30.3 Å². The first-order valence-electron chi connectivity index (χ1n) is 6.22. The molecule has 0 aliphatic heterocycles. The number of ether oxygens (including phenoxy) is 1. The van der Waals surface area contributed by atoms with Gasteiger partial charge in [0, 0.05) is 11.0 Å². The summed E-state index contributed by atoms with van der Waals surface area (Å²) in [4.78, 5) is 0. The Bertz CT molecular complexity index is 604. The molecule has 0 spiro atoms. The predicted octanol–water partition coefficient (Wildman–Crippen LogP) is 5.77. The van der Waals surface area contributed by atoms with E-state index in [1.54, 1.807) is 6.07 Å². The van der Waals surface area contributed by atoms with Crippen LogP contribution in [0.5, 0.6) is 11.5 Å². The van der Waals surface area contributed by atoms with Crippen molar-refractivity contribution in [3.05, 3.63) is 55.9 Å². The van der Waals surface area contributed by atoms with Crippen LogP contribution in [0.4, 0.5) is 0 Å². The Morgan fingerprint density at radius 1 is 1.10 bits per heavy atom. The van der Waals surface area contributed by atoms with Gasteiger partial charge in [-0.15, -0.1) is 0 Å². The highest BCUT2D eigenvalue weighted by Crippen LogP contribution is 2.35. The molecule has 2 aromatic rings. The first kappa shape index (κ1) is 15.8. The molecule has 0 saturated carbocycles. The van der Waals surface area contributed by atoms with Crippen LogP contribution in [-0.4, -0.2) is 6.54 Å². The lowest BCUT2D eigenvalue weighted by Gasteiger charge is -2.11. The van der Waals surface area contributed by atoms with E-state index in [9.17, 15) is 0 Å². The number of hydrogen-bond donors (Lipinski definition) is 1. The van der Waals surface area contributed by atoms with Crippen molar-refractivity contribution in [2.75, 3.05) is 6.54 Å². The highest BCUT2D eigenvalue weighted by Gasteiger charge is 2.08. The van der Waals surface area contributed by atoms with E-state index in [0.717, 1.165) is 27.8 Å². The molecule has 0 aliphatic carbocycles. The van der Waals surface area contributed by atoms with Crippen LogP contribution in [0.25, 0.3) is 0 Å². The Balaban J connectivity index is 2.19. The van der Waals surface area contributed by atoms with Crippen molar-refractivity contribution in [1.82, 2.24) is 5.32 Å². The second kappa shape index (κ2) is 7.46. The van der Waals surface area contributed by atoms with Gasteiger partial charge in [-0.2, -0.15) is 0 Å². The molecular formula is C15H14Br2ClNO. The summed E-state index contributed by atoms with van der Waals surface area (Å²) in [5.41, 5.74) is 1.20. The monoisotopic (exact) mass is 417 g/mol. The van der Waals surface area contributed by atoms with Gasteiger partial charge in [-0.25, -0.2) is 0 Å². The summed E-state index contributed by atoms with van der Waals surface area (Å²) in [5, 5.41) is 3.87. The Morgan fingerprint density at radius 2 is 1.90 bits per heavy atom. The minimum absolute atomic E-state index is 0.580. The van der Waals surface area contributed by atoms with Crippen LogP contribution in [0.1, 0.15) is 12.5 Å². The largest absolute Gasteiger partial charge is 0.455 e. The lowest BCUT2D eigenvalue weighted by atomic mass is 10.2. The van der Waals surface area contributed by atoms with Gasteiger partial charge < -0.3 is 10.1 Å². The van der Waals surface area contributed by atoms with Gasteiger partial charge in [-0.3, -0.25) is 0 Å². The molecule has 0 bridgehead atoms. The third kappa shape index (κ3) is 4.22. The molecule has 0 saturated heterocycles. The molecule has 0 atom stereocenters. The number of nitrogens with one attached hydrogen (secondary N) is 1. The first-order valence-corrected chi connectivity index (χ1v) is 8.18. The Morgan fingerprint density at radius 3 is 2.60 bits per heavy atom. The summed E-state index contributed by atoms with van der Waals surface area (Å²) >= 11 is 13.1. The topological polar surface area (TPSA) is 21.3 Å². The average molecular weight is 420 g/mol. The predicted molar refractivity (Wildman–Crippen MR) is 90.7 cm³/mol. The quantitative estimate of drug-likeness (QED) is 0.665. The van der Waals surface area contributed by atoms with Crippen LogP contribution in [0, 0.1) is 0 Å². The minimum Gasteiger partial charge on any atom is -0.455 e. The summed E-state index contributed by atoms with van der Waals surface area (Å²) < 4.78 is 7.68. The van der Waals surface area contributed by atoms with Crippen LogP contribution in [0.15, 0.2) is 45.3 Å². The van der Waals surface area contributed by atoms with Crippen molar-refractivity contribution < 1.29 is 4.74 Å². The van der Waals surface area contributed by atoms with Gasteiger partial charge in [0.1, 0.15) is 11.5 Å². The number of hydrogen-bond acceptors (Lipinski definition) is 2. The molecule has 2 rings (SSSR count). The molecule has 0 amide bonds. The van der Waals surface area contributed by atoms with Crippen LogP contribution >= 0.6 is 43.5 Å². The lowest BCUT2D eigenvalue weighted by molar-refractivity contribution is 0.479. The SMILES string of the molecule is CCNCc1ccc(Oc2cc(Br)ccc2Cl)c(Br)c1. The highest BCUT2D eigenvalue weighted by atomic mass is 79.9. The molecule has 0 aromatic heterocycles. The molecule has 0 radical (unpaired) electrons. The highest BCUT2D eigenvalue weighted by molar-refractivity contribution is 9.10. The van der Waals surface area contributed by atoms with Gasteiger partial charge in [0.05, 0.1) is 9.50 Å². The van der Waals surface area contributed by atoms with Gasteiger partial charge in [0.25, 0.3) is 0 Å². The fourth-order valence-corrected chi connectivity index (χ4v) is 2.68. The van der Waals surface area contributed by atoms with Crippen molar-refractivity contribution in [1.29, 1.82) is 0 Å². The van der Waals surface area contributed by atoms with E-state index in [-0.39, 0.29) is 0 Å². The summed E-state index contributed by atoms with van der Waals surface area (Å²) in [6.07, 6.45) is 0. The zero-order chi connectivity index (χ0) is 14.5. The van der Waals surface area contributed by atoms with E-state index in [0.29, 0.717) is 10.8 Å². The van der Waals surface area contributed by atoms with Gasteiger partial charge in [0.15, 0.2) is 0 Å². The van der Waals surface area contributed by atoms with E-state index in [2.05, 4.69) is 44.1 Å². The Hall–Kier alpha value is -0.550. The number of halogens is 3. The van der Waals surface area contributed by atoms with Gasteiger partial charge in [-0.1, -0.05) is 40.5 Å². The summed E-state index contributed by atoms with van der Waals surface area (Å²) in [6, 6.07) is 11.5. The molecule has 5 heteroatoms. The maximum absolute atomic E-state index is 6.13. The van der Waals surface area contributed by atoms with Crippen LogP contribution in [0.2, 0.25) is 5.02 Å². The van der Waals surface area contributed by atoms with Gasteiger partial charge in [0.2, 0.25) is 0 Å². The zero-order valence-corrected chi connectivity index (χ0v) is 14.8. The first-order chi connectivity index (χ1) is 9.60. The van der Waals surface area contributed by atoms with Crippen LogP contribution in [0.3, 0.4) is 0 Å². The summed E-state index contributed by atoms with van der Waals surface area (Å²) in [5.74, 6) is 1.37. The molecule has 20 heavy (non-hydrogen) atoms. The minimum atomic E-state index is 0.580. The maximum atomic E-state index is 6.13. The summed E-state index contributed by atoms with van der Waals surface area (Å²) in [6.45, 7) is 3.87. The smallest absolute Gasteiger partial charge is 0.147 e. The molecule has 0 fully saturated rings. The van der Waals surface area contributed by atoms with Crippen LogP contribution in [-0.2, 0) is 6.54 Å². The molecule has 2 aromatic carbocycles. The van der Waals surface area contributed by atoms with E-state index in [1.165, 1.54) is 5.56 Å². The fourth-order valence-electron chi connectivity index (χ4n) is 1.68. The van der Waals surface area contributed by atoms with E-state index < -0.39 is 0 Å². The third-order valence-corrected chi connectivity index (χ3v) is 4.11. The van der Waals surface area contributed by atoms with Gasteiger partial charge >= 0.3 is 0 Å². The molecule has 0 aliphatic rings. The van der Waals surface area contributed by atoms with Crippen molar-refractivity contribution >= 4 is 43.5 Å². The molecule has 0 heterocycles. The third-order valence-electron chi connectivity index (χ3n) is 2.69. The van der Waals surface area contributed by atoms with Crippen molar-refractivity contribution in [2.45, 2.75) is 13.5 Å². The number of benzene rings is 2. The molecule has 0 unspecified atom stereocenters. The normalized spacial score (nSPS) is 10.6. The van der Waals surface area contributed by atoms with Gasteiger partial charge in [-0.05, 0) is 58.4 Å². The van der Waals surface area contributed by atoms with Crippen molar-refractivity contribution in [2.24, 2.45) is 0 Å². The Labute approximate surface area is 140 Å². The fraction of sp³-hybridized carbons (Fsp3) is 0.200. The molecule has 2 nitrogen and oxygen atoms in total. The average Bonchev–Trinajstić information content (AvgIpc) is 2.43. The maximum Gasteiger partial charge on any atom is 0.147 e. The molecule has 106 valence electrons. The summed E-state index contributed by atoms with van der Waals surface area (Å²) in [7, 11) is 0. The van der Waals surface area contributed by atoms with E-state index >= 15 is 0 Å².